The van der Waals surface area contributed by atoms with Crippen LogP contribution in [-0.4, -0.2) is 43.6 Å². The third-order valence-electron chi connectivity index (χ3n) is 7.03. The van der Waals surface area contributed by atoms with Crippen LogP contribution in [-0.2, 0) is 4.79 Å². The molecule has 1 saturated carbocycles. The molecule has 2 aromatic heterocycles. The van der Waals surface area contributed by atoms with Gasteiger partial charge in [-0.3, -0.25) is 4.79 Å². The number of hydrogen-bond acceptors (Lipinski definition) is 7. The number of carbonyl (C=O) groups is 1. The van der Waals surface area contributed by atoms with Gasteiger partial charge in [0.25, 0.3) is 5.91 Å². The second-order valence-corrected chi connectivity index (χ2v) is 9.77. The number of rotatable bonds is 6. The minimum Gasteiger partial charge on any atom is -0.457 e. The summed E-state index contributed by atoms with van der Waals surface area (Å²) in [6, 6.07) is 19.3. The number of nitrogens with zero attached hydrogens (tertiary/aromatic N) is 6. The van der Waals surface area contributed by atoms with E-state index in [1.165, 1.54) is 6.33 Å². The lowest BCUT2D eigenvalue weighted by Gasteiger charge is -2.32. The molecule has 1 amide bonds. The highest BCUT2D eigenvalue weighted by atomic mass is 16.5. The average molecular weight is 506 g/mol. The lowest BCUT2D eigenvalue weighted by Crippen LogP contribution is -2.41. The Hall–Kier alpha value is -4.71. The zero-order valence-corrected chi connectivity index (χ0v) is 20.8. The van der Waals surface area contributed by atoms with Crippen molar-refractivity contribution in [1.29, 1.82) is 5.26 Å². The summed E-state index contributed by atoms with van der Waals surface area (Å²) in [7, 11) is 0. The highest BCUT2D eigenvalue weighted by Crippen LogP contribution is 2.35. The van der Waals surface area contributed by atoms with Gasteiger partial charge in [0, 0.05) is 18.7 Å². The number of piperidine rings is 1. The fourth-order valence-corrected chi connectivity index (χ4v) is 4.92. The first kappa shape index (κ1) is 23.7. The molecule has 2 N–H and O–H groups in total. The molecule has 190 valence electrons. The van der Waals surface area contributed by atoms with E-state index in [4.69, 9.17) is 15.6 Å². The van der Waals surface area contributed by atoms with Gasteiger partial charge in [0.2, 0.25) is 0 Å². The zero-order valence-electron chi connectivity index (χ0n) is 20.8. The van der Waals surface area contributed by atoms with Crippen molar-refractivity contribution in [2.75, 3.05) is 18.8 Å². The number of nitriles is 1. The first-order valence-corrected chi connectivity index (χ1v) is 12.8. The molecule has 38 heavy (non-hydrogen) atoms. The number of likely N-dealkylation sites (tertiary alicyclic amines) is 1. The minimum absolute atomic E-state index is 0.0974. The Labute approximate surface area is 220 Å². The van der Waals surface area contributed by atoms with E-state index in [0.717, 1.165) is 37.0 Å². The topological polar surface area (TPSA) is 123 Å². The summed E-state index contributed by atoms with van der Waals surface area (Å²) >= 11 is 0. The van der Waals surface area contributed by atoms with E-state index in [1.54, 1.807) is 4.90 Å². The maximum Gasteiger partial charge on any atom is 0.264 e. The highest BCUT2D eigenvalue weighted by Gasteiger charge is 2.31. The summed E-state index contributed by atoms with van der Waals surface area (Å²) in [5.41, 5.74) is 8.73. The molecule has 0 bridgehead atoms. The largest absolute Gasteiger partial charge is 0.457 e. The second kappa shape index (κ2) is 9.98. The molecule has 2 fully saturated rings. The van der Waals surface area contributed by atoms with Gasteiger partial charge in [-0.25, -0.2) is 14.6 Å². The quantitative estimate of drug-likeness (QED) is 0.292. The van der Waals surface area contributed by atoms with Crippen LogP contribution < -0.4 is 10.5 Å². The number of anilines is 1. The van der Waals surface area contributed by atoms with Gasteiger partial charge in [-0.05, 0) is 68.0 Å². The molecule has 1 aliphatic carbocycles. The Balaban J connectivity index is 1.30. The number of hydrogen-bond donors (Lipinski definition) is 1. The van der Waals surface area contributed by atoms with Gasteiger partial charge in [-0.15, -0.1) is 0 Å². The SMILES string of the molecule is N#CC(=CC1CC1)C(=O)N1CCC[C@H](n2nc(-c3ccc(Oc4ccccc4)cc3)c3c(N)ncnc32)C1. The highest BCUT2D eigenvalue weighted by molar-refractivity contribution is 5.99. The van der Waals surface area contributed by atoms with Gasteiger partial charge in [0.1, 0.15) is 41.0 Å². The fraction of sp³-hybridized carbons (Fsp3) is 0.276. The van der Waals surface area contributed by atoms with E-state index in [9.17, 15) is 10.1 Å². The van der Waals surface area contributed by atoms with E-state index in [-0.39, 0.29) is 17.5 Å². The normalized spacial score (nSPS) is 17.8. The molecule has 9 nitrogen and oxygen atoms in total. The average Bonchev–Trinajstić information content (AvgIpc) is 3.69. The van der Waals surface area contributed by atoms with Crippen LogP contribution in [0.1, 0.15) is 31.7 Å². The number of allylic oxidation sites excluding steroid dienone is 1. The monoisotopic (exact) mass is 505 g/mol. The third-order valence-corrected chi connectivity index (χ3v) is 7.03. The Morgan fingerprint density at radius 3 is 2.55 bits per heavy atom. The number of carbonyl (C=O) groups excluding carboxylic acids is 1. The second-order valence-electron chi connectivity index (χ2n) is 9.77. The lowest BCUT2D eigenvalue weighted by atomic mass is 10.0. The molecule has 1 atom stereocenters. The number of para-hydroxylation sites is 1. The summed E-state index contributed by atoms with van der Waals surface area (Å²) in [6.45, 7) is 1.07. The first-order chi connectivity index (χ1) is 18.6. The van der Waals surface area contributed by atoms with E-state index >= 15 is 0 Å². The zero-order chi connectivity index (χ0) is 26.1. The Bertz CT molecular complexity index is 1550. The molecular weight excluding hydrogens is 478 g/mol. The van der Waals surface area contributed by atoms with Crippen molar-refractivity contribution in [3.8, 4) is 28.8 Å². The molecular formula is C29H27N7O2. The maximum absolute atomic E-state index is 13.1. The van der Waals surface area contributed by atoms with Crippen molar-refractivity contribution in [3.05, 3.63) is 72.6 Å². The van der Waals surface area contributed by atoms with Crippen LogP contribution in [0.15, 0.2) is 72.6 Å². The Morgan fingerprint density at radius 2 is 1.82 bits per heavy atom. The first-order valence-electron chi connectivity index (χ1n) is 12.8. The predicted molar refractivity (Wildman–Crippen MR) is 143 cm³/mol. The van der Waals surface area contributed by atoms with Crippen LogP contribution in [0.4, 0.5) is 5.82 Å². The van der Waals surface area contributed by atoms with Gasteiger partial charge in [0.05, 0.1) is 11.4 Å². The van der Waals surface area contributed by atoms with E-state index in [2.05, 4.69) is 16.0 Å². The van der Waals surface area contributed by atoms with Gasteiger partial charge < -0.3 is 15.4 Å². The van der Waals surface area contributed by atoms with Gasteiger partial charge in [-0.2, -0.15) is 10.4 Å². The molecule has 1 saturated heterocycles. The van der Waals surface area contributed by atoms with Gasteiger partial charge in [-0.1, -0.05) is 24.3 Å². The van der Waals surface area contributed by atoms with Crippen molar-refractivity contribution in [1.82, 2.24) is 24.6 Å². The van der Waals surface area contributed by atoms with Crippen LogP contribution >= 0.6 is 0 Å². The Kier molecular flexibility index (Phi) is 6.22. The molecule has 6 rings (SSSR count). The number of ether oxygens (including phenoxy) is 1. The van der Waals surface area contributed by atoms with Crippen molar-refractivity contribution >= 4 is 22.8 Å². The molecule has 2 aromatic carbocycles. The van der Waals surface area contributed by atoms with Crippen molar-refractivity contribution < 1.29 is 9.53 Å². The van der Waals surface area contributed by atoms with Crippen LogP contribution in [0.25, 0.3) is 22.3 Å². The van der Waals surface area contributed by atoms with Gasteiger partial charge in [0.15, 0.2) is 5.65 Å². The molecule has 0 spiro atoms. The molecule has 0 unspecified atom stereocenters. The minimum atomic E-state index is -0.205. The number of amides is 1. The predicted octanol–water partition coefficient (Wildman–Crippen LogP) is 4.89. The summed E-state index contributed by atoms with van der Waals surface area (Å²) < 4.78 is 7.80. The third kappa shape index (κ3) is 4.68. The summed E-state index contributed by atoms with van der Waals surface area (Å²) in [4.78, 5) is 23.6. The maximum atomic E-state index is 13.1. The fourth-order valence-electron chi connectivity index (χ4n) is 4.92. The van der Waals surface area contributed by atoms with Crippen LogP contribution in [0.3, 0.4) is 0 Å². The molecule has 0 radical (unpaired) electrons. The summed E-state index contributed by atoms with van der Waals surface area (Å²) in [5, 5.41) is 15.2. The van der Waals surface area contributed by atoms with E-state index in [0.29, 0.717) is 47.3 Å². The number of nitrogen functional groups attached to an aromatic ring is 1. The van der Waals surface area contributed by atoms with E-state index in [1.807, 2.05) is 65.4 Å². The summed E-state index contributed by atoms with van der Waals surface area (Å²) in [5.74, 6) is 1.97. The number of nitrogens with two attached hydrogens (primary N) is 1. The van der Waals surface area contributed by atoms with Crippen LogP contribution in [0.2, 0.25) is 0 Å². The molecule has 4 aromatic rings. The van der Waals surface area contributed by atoms with Gasteiger partial charge >= 0.3 is 0 Å². The number of aromatic nitrogens is 4. The van der Waals surface area contributed by atoms with E-state index < -0.39 is 0 Å². The lowest BCUT2D eigenvalue weighted by molar-refractivity contribution is -0.128. The number of benzene rings is 2. The molecule has 2 aliphatic rings. The smallest absolute Gasteiger partial charge is 0.264 e. The Morgan fingerprint density at radius 1 is 1.05 bits per heavy atom. The van der Waals surface area contributed by atoms with Crippen molar-refractivity contribution in [2.45, 2.75) is 31.7 Å². The number of fused-ring (bicyclic) bond motifs is 1. The van der Waals surface area contributed by atoms with Crippen LogP contribution in [0.5, 0.6) is 11.5 Å². The summed E-state index contributed by atoms with van der Waals surface area (Å²) in [6.07, 6.45) is 7.00. The molecule has 3 heterocycles. The standard InChI is InChI=1S/C29H27N7O2/c30-16-21(15-19-8-9-19)29(37)35-14-4-5-22(17-35)36-28-25(27(31)32-18-33-28)26(34-36)20-10-12-24(13-11-20)38-23-6-2-1-3-7-23/h1-3,6-7,10-13,15,18-19,22H,4-5,8-9,14,17H2,(H2,31,32,33)/t22-/m0/s1. The van der Waals surface area contributed by atoms with Crippen molar-refractivity contribution in [3.63, 3.8) is 0 Å². The molecule has 1 aliphatic heterocycles. The molecule has 9 heteroatoms. The van der Waals surface area contributed by atoms with Crippen LogP contribution in [0, 0.1) is 17.2 Å². The van der Waals surface area contributed by atoms with Crippen molar-refractivity contribution in [2.24, 2.45) is 5.92 Å².